The fourth-order valence-corrected chi connectivity index (χ4v) is 3.51. The van der Waals surface area contributed by atoms with Gasteiger partial charge < -0.3 is 14.7 Å². The third kappa shape index (κ3) is 2.84. The molecule has 0 amide bonds. The first-order valence-corrected chi connectivity index (χ1v) is 7.97. The van der Waals surface area contributed by atoms with Crippen LogP contribution in [-0.2, 0) is 13.2 Å². The number of aryl methyl sites for hydroxylation is 3. The molecule has 0 saturated carbocycles. The van der Waals surface area contributed by atoms with Gasteiger partial charge in [-0.25, -0.2) is 0 Å². The summed E-state index contributed by atoms with van der Waals surface area (Å²) in [5, 5.41) is 24.0. The van der Waals surface area contributed by atoms with E-state index in [1.807, 2.05) is 13.8 Å². The molecular weight excluding hydrogens is 294 g/mol. The predicted octanol–water partition coefficient (Wildman–Crippen LogP) is 2.53. The van der Waals surface area contributed by atoms with Gasteiger partial charge in [0.2, 0.25) is 0 Å². The first kappa shape index (κ1) is 16.0. The number of aliphatic hydroxyl groups is 1. The molecule has 0 aromatic carbocycles. The van der Waals surface area contributed by atoms with Crippen LogP contribution < -0.4 is 0 Å². The number of aliphatic hydroxyl groups excluding tert-OH is 1. The van der Waals surface area contributed by atoms with Crippen LogP contribution in [0.2, 0.25) is 0 Å². The van der Waals surface area contributed by atoms with Crippen LogP contribution in [0.25, 0.3) is 0 Å². The van der Waals surface area contributed by atoms with Crippen LogP contribution in [0.3, 0.4) is 0 Å². The maximum atomic E-state index is 10.4. The van der Waals surface area contributed by atoms with Gasteiger partial charge in [0.15, 0.2) is 0 Å². The summed E-state index contributed by atoms with van der Waals surface area (Å²) in [6.07, 6.45) is 3.78. The van der Waals surface area contributed by atoms with Crippen molar-refractivity contribution in [2.45, 2.75) is 52.8 Å². The van der Waals surface area contributed by atoms with Gasteiger partial charge in [-0.2, -0.15) is 0 Å². The van der Waals surface area contributed by atoms with E-state index in [0.717, 1.165) is 42.0 Å². The number of aromatic nitrogens is 2. The summed E-state index contributed by atoms with van der Waals surface area (Å²) in [6.45, 7) is 7.09. The molecule has 3 rings (SSSR count). The summed E-state index contributed by atoms with van der Waals surface area (Å²) >= 11 is 0. The van der Waals surface area contributed by atoms with E-state index in [1.54, 1.807) is 13.1 Å². The van der Waals surface area contributed by atoms with Crippen molar-refractivity contribution in [1.82, 2.24) is 15.0 Å². The van der Waals surface area contributed by atoms with Crippen LogP contribution in [0.15, 0.2) is 10.7 Å². The number of aromatic hydroxyl groups is 1. The average Bonchev–Trinajstić information content (AvgIpc) is 3.10. The highest BCUT2D eigenvalue weighted by molar-refractivity contribution is 5.41. The van der Waals surface area contributed by atoms with Gasteiger partial charge in [-0.15, -0.1) is 0 Å². The maximum absolute atomic E-state index is 10.4. The lowest BCUT2D eigenvalue weighted by atomic mass is 10.0. The number of rotatable bonds is 4. The molecule has 0 spiro atoms. The van der Waals surface area contributed by atoms with Gasteiger partial charge in [0.05, 0.1) is 18.0 Å². The Labute approximate surface area is 135 Å². The zero-order chi connectivity index (χ0) is 16.6. The van der Waals surface area contributed by atoms with Crippen LogP contribution in [0, 0.1) is 20.8 Å². The van der Waals surface area contributed by atoms with Crippen molar-refractivity contribution in [3.05, 3.63) is 40.0 Å². The Morgan fingerprint density at radius 2 is 2.09 bits per heavy atom. The third-order valence-electron chi connectivity index (χ3n) is 4.75. The minimum atomic E-state index is -0.125. The first-order valence-electron chi connectivity index (χ1n) is 7.97. The number of nitrogens with zero attached hydrogens (tertiary/aromatic N) is 3. The summed E-state index contributed by atoms with van der Waals surface area (Å²) in [4.78, 5) is 6.45. The van der Waals surface area contributed by atoms with Crippen LogP contribution >= 0.6 is 0 Å². The zero-order valence-corrected chi connectivity index (χ0v) is 13.8. The second-order valence-electron chi connectivity index (χ2n) is 6.22. The standard InChI is InChI=1S/C17H23N3O3/c1-10-16(12(3)23-19-10)15-5-4-6-20(15)8-14-13(9-21)7-18-11(2)17(14)22/h7,15,21-22H,4-6,8-9H2,1-3H3/t15-/m0/s1. The minimum absolute atomic E-state index is 0.125. The smallest absolute Gasteiger partial charge is 0.141 e. The lowest BCUT2D eigenvalue weighted by Gasteiger charge is -2.26. The van der Waals surface area contributed by atoms with Crippen molar-refractivity contribution in [1.29, 1.82) is 0 Å². The molecule has 1 aliphatic rings. The van der Waals surface area contributed by atoms with E-state index in [2.05, 4.69) is 15.0 Å². The lowest BCUT2D eigenvalue weighted by Crippen LogP contribution is -2.24. The molecule has 1 saturated heterocycles. The third-order valence-corrected chi connectivity index (χ3v) is 4.75. The van der Waals surface area contributed by atoms with Crippen molar-refractivity contribution < 1.29 is 14.7 Å². The molecule has 1 aliphatic heterocycles. The summed E-state index contributed by atoms with van der Waals surface area (Å²) < 4.78 is 5.32. The predicted molar refractivity (Wildman–Crippen MR) is 84.9 cm³/mol. The maximum Gasteiger partial charge on any atom is 0.141 e. The monoisotopic (exact) mass is 317 g/mol. The Kier molecular flexibility index (Phi) is 4.37. The highest BCUT2D eigenvalue weighted by atomic mass is 16.5. The zero-order valence-electron chi connectivity index (χ0n) is 13.8. The van der Waals surface area contributed by atoms with Gasteiger partial charge in [-0.3, -0.25) is 9.88 Å². The van der Waals surface area contributed by atoms with Crippen molar-refractivity contribution in [2.75, 3.05) is 6.54 Å². The second-order valence-corrected chi connectivity index (χ2v) is 6.22. The topological polar surface area (TPSA) is 82.6 Å². The first-order chi connectivity index (χ1) is 11.0. The molecule has 124 valence electrons. The van der Waals surface area contributed by atoms with Crippen LogP contribution in [0.1, 0.15) is 52.7 Å². The Morgan fingerprint density at radius 3 is 2.74 bits per heavy atom. The van der Waals surface area contributed by atoms with Crippen molar-refractivity contribution in [3.63, 3.8) is 0 Å². The number of hydrogen-bond donors (Lipinski definition) is 2. The lowest BCUT2D eigenvalue weighted by molar-refractivity contribution is 0.235. The molecule has 2 N–H and O–H groups in total. The van der Waals surface area contributed by atoms with Crippen molar-refractivity contribution in [2.24, 2.45) is 0 Å². The van der Waals surface area contributed by atoms with Gasteiger partial charge in [-0.05, 0) is 40.2 Å². The Hall–Kier alpha value is -1.92. The SMILES string of the molecule is Cc1ncc(CO)c(CN2CCC[C@H]2c2c(C)noc2C)c1O. The van der Waals surface area contributed by atoms with Crippen molar-refractivity contribution >= 4 is 0 Å². The molecule has 0 radical (unpaired) electrons. The summed E-state index contributed by atoms with van der Waals surface area (Å²) in [6, 6.07) is 0.237. The molecule has 0 aliphatic carbocycles. The normalized spacial score (nSPS) is 18.7. The summed E-state index contributed by atoms with van der Waals surface area (Å²) in [7, 11) is 0. The van der Waals surface area contributed by atoms with E-state index < -0.39 is 0 Å². The van der Waals surface area contributed by atoms with Crippen LogP contribution in [0.4, 0.5) is 0 Å². The quantitative estimate of drug-likeness (QED) is 0.901. The van der Waals surface area contributed by atoms with Gasteiger partial charge in [0, 0.05) is 35.5 Å². The van der Waals surface area contributed by atoms with Gasteiger partial charge in [-0.1, -0.05) is 5.16 Å². The Balaban J connectivity index is 1.92. The molecular formula is C17H23N3O3. The number of hydrogen-bond acceptors (Lipinski definition) is 6. The molecule has 23 heavy (non-hydrogen) atoms. The molecule has 2 aromatic heterocycles. The molecule has 0 bridgehead atoms. The van der Waals surface area contributed by atoms with E-state index in [9.17, 15) is 10.2 Å². The number of pyridine rings is 1. The fraction of sp³-hybridized carbons (Fsp3) is 0.529. The van der Waals surface area contributed by atoms with E-state index >= 15 is 0 Å². The van der Waals surface area contributed by atoms with Gasteiger partial charge in [0.25, 0.3) is 0 Å². The molecule has 1 fully saturated rings. The van der Waals surface area contributed by atoms with E-state index in [4.69, 9.17) is 4.52 Å². The van der Waals surface area contributed by atoms with E-state index in [1.165, 1.54) is 0 Å². The molecule has 3 heterocycles. The van der Waals surface area contributed by atoms with Crippen LogP contribution in [-0.4, -0.2) is 31.8 Å². The fourth-order valence-electron chi connectivity index (χ4n) is 3.51. The Bertz CT molecular complexity index is 692. The van der Waals surface area contributed by atoms with Gasteiger partial charge >= 0.3 is 0 Å². The summed E-state index contributed by atoms with van der Waals surface area (Å²) in [5.74, 6) is 1.04. The van der Waals surface area contributed by atoms with Gasteiger partial charge in [0.1, 0.15) is 11.5 Å². The summed E-state index contributed by atoms with van der Waals surface area (Å²) in [5.41, 5.74) is 4.11. The Morgan fingerprint density at radius 1 is 1.30 bits per heavy atom. The van der Waals surface area contributed by atoms with E-state index in [-0.39, 0.29) is 18.4 Å². The van der Waals surface area contributed by atoms with Crippen LogP contribution in [0.5, 0.6) is 5.75 Å². The molecule has 6 nitrogen and oxygen atoms in total. The molecule has 1 atom stereocenters. The minimum Gasteiger partial charge on any atom is -0.506 e. The largest absolute Gasteiger partial charge is 0.506 e. The highest BCUT2D eigenvalue weighted by Crippen LogP contribution is 2.38. The molecule has 2 aromatic rings. The second kappa shape index (κ2) is 6.29. The van der Waals surface area contributed by atoms with E-state index in [0.29, 0.717) is 17.8 Å². The molecule has 0 unspecified atom stereocenters. The highest BCUT2D eigenvalue weighted by Gasteiger charge is 2.31. The molecule has 6 heteroatoms. The number of likely N-dealkylation sites (tertiary alicyclic amines) is 1. The van der Waals surface area contributed by atoms with Crippen molar-refractivity contribution in [3.8, 4) is 5.75 Å². The average molecular weight is 317 g/mol.